The van der Waals surface area contributed by atoms with Crippen molar-refractivity contribution >= 4 is 0 Å². The zero-order chi connectivity index (χ0) is 14.7. The van der Waals surface area contributed by atoms with E-state index in [0.717, 1.165) is 6.42 Å². The van der Waals surface area contributed by atoms with Gasteiger partial charge in [0.2, 0.25) is 0 Å². The van der Waals surface area contributed by atoms with E-state index in [2.05, 4.69) is 9.97 Å². The molecule has 5 heteroatoms. The van der Waals surface area contributed by atoms with Gasteiger partial charge in [0.05, 0.1) is 12.8 Å². The maximum Gasteiger partial charge on any atom is 0.254 e. The quantitative estimate of drug-likeness (QED) is 0.934. The van der Waals surface area contributed by atoms with E-state index < -0.39 is 0 Å². The normalized spacial score (nSPS) is 10.6. The molecule has 0 aliphatic rings. The topological polar surface area (TPSA) is 55.0 Å². The fraction of sp³-hybridized carbons (Fsp3) is 0.333. The van der Waals surface area contributed by atoms with Crippen molar-refractivity contribution in [2.24, 2.45) is 0 Å². The van der Waals surface area contributed by atoms with Gasteiger partial charge in [0.1, 0.15) is 17.4 Å². The summed E-state index contributed by atoms with van der Waals surface area (Å²) in [6, 6.07) is 4.19. The SMILES string of the molecule is CCCc1nc(-c2cc(F)ccc2OC)c(C)c(=O)[nH]1. The van der Waals surface area contributed by atoms with Gasteiger partial charge in [0.15, 0.2) is 0 Å². The van der Waals surface area contributed by atoms with Crippen LogP contribution in [0.5, 0.6) is 5.75 Å². The van der Waals surface area contributed by atoms with Gasteiger partial charge in [0, 0.05) is 17.5 Å². The summed E-state index contributed by atoms with van der Waals surface area (Å²) in [6.07, 6.45) is 1.53. The Labute approximate surface area is 116 Å². The average Bonchev–Trinajstić information content (AvgIpc) is 2.43. The van der Waals surface area contributed by atoms with Gasteiger partial charge < -0.3 is 9.72 Å². The molecule has 0 saturated carbocycles. The summed E-state index contributed by atoms with van der Waals surface area (Å²) in [7, 11) is 1.51. The predicted octanol–water partition coefficient (Wildman–Crippen LogP) is 2.85. The van der Waals surface area contributed by atoms with Crippen molar-refractivity contribution < 1.29 is 9.13 Å². The van der Waals surface area contributed by atoms with E-state index in [1.54, 1.807) is 6.92 Å². The molecule has 0 aliphatic heterocycles. The maximum absolute atomic E-state index is 13.5. The summed E-state index contributed by atoms with van der Waals surface area (Å²) in [5.74, 6) is 0.707. The molecule has 0 amide bonds. The summed E-state index contributed by atoms with van der Waals surface area (Å²) in [5.41, 5.74) is 1.21. The lowest BCUT2D eigenvalue weighted by Gasteiger charge is -2.11. The number of hydrogen-bond acceptors (Lipinski definition) is 3. The van der Waals surface area contributed by atoms with Crippen LogP contribution in [0.1, 0.15) is 24.7 Å². The molecule has 0 bridgehead atoms. The number of nitrogens with one attached hydrogen (secondary N) is 1. The molecule has 2 rings (SSSR count). The zero-order valence-electron chi connectivity index (χ0n) is 11.8. The van der Waals surface area contributed by atoms with Crippen molar-refractivity contribution in [3.63, 3.8) is 0 Å². The molecule has 1 N–H and O–H groups in total. The number of H-pyrrole nitrogens is 1. The minimum Gasteiger partial charge on any atom is -0.496 e. The first-order chi connectivity index (χ1) is 9.56. The molecule has 1 heterocycles. The summed E-state index contributed by atoms with van der Waals surface area (Å²) in [4.78, 5) is 19.1. The van der Waals surface area contributed by atoms with Crippen molar-refractivity contribution in [3.8, 4) is 17.0 Å². The van der Waals surface area contributed by atoms with E-state index >= 15 is 0 Å². The second-order valence-corrected chi connectivity index (χ2v) is 4.58. The molecule has 0 unspecified atom stereocenters. The fourth-order valence-electron chi connectivity index (χ4n) is 2.06. The van der Waals surface area contributed by atoms with Crippen LogP contribution in [0.15, 0.2) is 23.0 Å². The standard InChI is InChI=1S/C15H17FN2O2/c1-4-5-13-17-14(9(2)15(19)18-13)11-8-10(16)6-7-12(11)20-3/h6-8H,4-5H2,1-3H3,(H,17,18,19). The van der Waals surface area contributed by atoms with Gasteiger partial charge in [-0.25, -0.2) is 9.37 Å². The van der Waals surface area contributed by atoms with E-state index in [1.165, 1.54) is 25.3 Å². The third-order valence-corrected chi connectivity index (χ3v) is 3.10. The number of aromatic amines is 1. The Kier molecular flexibility index (Phi) is 4.17. The Morgan fingerprint density at radius 2 is 2.15 bits per heavy atom. The number of rotatable bonds is 4. The molecular formula is C15H17FN2O2. The predicted molar refractivity (Wildman–Crippen MR) is 75.5 cm³/mol. The Hall–Kier alpha value is -2.17. The molecule has 0 radical (unpaired) electrons. The summed E-state index contributed by atoms with van der Waals surface area (Å²) in [5, 5.41) is 0. The van der Waals surface area contributed by atoms with Crippen LogP contribution in [0, 0.1) is 12.7 Å². The van der Waals surface area contributed by atoms with Crippen LogP contribution in [0.4, 0.5) is 4.39 Å². The molecular weight excluding hydrogens is 259 g/mol. The molecule has 106 valence electrons. The van der Waals surface area contributed by atoms with E-state index in [0.29, 0.717) is 34.8 Å². The van der Waals surface area contributed by atoms with Crippen molar-refractivity contribution in [2.45, 2.75) is 26.7 Å². The number of aryl methyl sites for hydroxylation is 1. The van der Waals surface area contributed by atoms with Crippen molar-refractivity contribution in [2.75, 3.05) is 7.11 Å². The van der Waals surface area contributed by atoms with Crippen LogP contribution in [-0.4, -0.2) is 17.1 Å². The van der Waals surface area contributed by atoms with Crippen LogP contribution in [0.3, 0.4) is 0 Å². The number of hydrogen-bond donors (Lipinski definition) is 1. The first-order valence-corrected chi connectivity index (χ1v) is 6.50. The van der Waals surface area contributed by atoms with Crippen LogP contribution in [0.25, 0.3) is 11.3 Å². The van der Waals surface area contributed by atoms with Gasteiger partial charge in [0.25, 0.3) is 5.56 Å². The zero-order valence-corrected chi connectivity index (χ0v) is 11.8. The maximum atomic E-state index is 13.5. The number of nitrogens with zero attached hydrogens (tertiary/aromatic N) is 1. The number of benzene rings is 1. The second kappa shape index (κ2) is 5.86. The Bertz CT molecular complexity index is 680. The van der Waals surface area contributed by atoms with Crippen LogP contribution < -0.4 is 10.3 Å². The van der Waals surface area contributed by atoms with Gasteiger partial charge in [-0.1, -0.05) is 6.92 Å². The Balaban J connectivity index is 2.68. The van der Waals surface area contributed by atoms with Gasteiger partial charge in [-0.15, -0.1) is 0 Å². The summed E-state index contributed by atoms with van der Waals surface area (Å²) >= 11 is 0. The molecule has 0 atom stereocenters. The lowest BCUT2D eigenvalue weighted by molar-refractivity contribution is 0.415. The monoisotopic (exact) mass is 276 g/mol. The minimum atomic E-state index is -0.390. The third-order valence-electron chi connectivity index (χ3n) is 3.10. The highest BCUT2D eigenvalue weighted by Crippen LogP contribution is 2.30. The largest absolute Gasteiger partial charge is 0.496 e. The molecule has 0 saturated heterocycles. The van der Waals surface area contributed by atoms with Crippen LogP contribution in [-0.2, 0) is 6.42 Å². The van der Waals surface area contributed by atoms with Crippen molar-refractivity contribution in [1.29, 1.82) is 0 Å². The highest BCUT2D eigenvalue weighted by molar-refractivity contribution is 5.69. The van der Waals surface area contributed by atoms with Gasteiger partial charge in [-0.2, -0.15) is 0 Å². The van der Waals surface area contributed by atoms with E-state index in [1.807, 2.05) is 6.92 Å². The van der Waals surface area contributed by atoms with E-state index in [-0.39, 0.29) is 11.4 Å². The van der Waals surface area contributed by atoms with Crippen LogP contribution >= 0.6 is 0 Å². The van der Waals surface area contributed by atoms with Gasteiger partial charge in [-0.3, -0.25) is 4.79 Å². The minimum absolute atomic E-state index is 0.204. The molecule has 0 spiro atoms. The average molecular weight is 276 g/mol. The summed E-state index contributed by atoms with van der Waals surface area (Å²) in [6.45, 7) is 3.67. The van der Waals surface area contributed by atoms with Crippen molar-refractivity contribution in [1.82, 2.24) is 9.97 Å². The third kappa shape index (κ3) is 2.71. The van der Waals surface area contributed by atoms with Crippen molar-refractivity contribution in [3.05, 3.63) is 45.8 Å². The van der Waals surface area contributed by atoms with E-state index in [4.69, 9.17) is 4.74 Å². The number of aromatic nitrogens is 2. The smallest absolute Gasteiger partial charge is 0.254 e. The molecule has 0 aliphatic carbocycles. The van der Waals surface area contributed by atoms with Gasteiger partial charge >= 0.3 is 0 Å². The lowest BCUT2D eigenvalue weighted by Crippen LogP contribution is -2.16. The Morgan fingerprint density at radius 1 is 1.40 bits per heavy atom. The van der Waals surface area contributed by atoms with Crippen LogP contribution in [0.2, 0.25) is 0 Å². The second-order valence-electron chi connectivity index (χ2n) is 4.58. The Morgan fingerprint density at radius 3 is 2.80 bits per heavy atom. The first-order valence-electron chi connectivity index (χ1n) is 6.50. The highest BCUT2D eigenvalue weighted by Gasteiger charge is 2.14. The lowest BCUT2D eigenvalue weighted by atomic mass is 10.1. The number of methoxy groups -OCH3 is 1. The number of ether oxygens (including phenoxy) is 1. The number of halogens is 1. The first kappa shape index (κ1) is 14.2. The fourth-order valence-corrected chi connectivity index (χ4v) is 2.06. The van der Waals surface area contributed by atoms with E-state index in [9.17, 15) is 9.18 Å². The highest BCUT2D eigenvalue weighted by atomic mass is 19.1. The summed E-state index contributed by atoms with van der Waals surface area (Å²) < 4.78 is 18.7. The molecule has 0 fully saturated rings. The molecule has 2 aromatic rings. The van der Waals surface area contributed by atoms with Gasteiger partial charge in [-0.05, 0) is 31.5 Å². The molecule has 20 heavy (non-hydrogen) atoms. The molecule has 1 aromatic carbocycles. The molecule has 1 aromatic heterocycles. The molecule has 4 nitrogen and oxygen atoms in total.